The molecule has 0 aliphatic heterocycles. The van der Waals surface area contributed by atoms with E-state index in [2.05, 4.69) is 41.3 Å². The van der Waals surface area contributed by atoms with Crippen LogP contribution in [0.2, 0.25) is 0 Å². The molecule has 3 N–H and O–H groups in total. The summed E-state index contributed by atoms with van der Waals surface area (Å²) in [5.41, 5.74) is 0.351. The molecule has 0 spiro atoms. The van der Waals surface area contributed by atoms with E-state index in [1.54, 1.807) is 6.92 Å². The average Bonchev–Trinajstić information content (AvgIpc) is 2.92. The van der Waals surface area contributed by atoms with Crippen LogP contribution in [0.1, 0.15) is 21.7 Å². The lowest BCUT2D eigenvalue weighted by atomic mass is 10.1. The van der Waals surface area contributed by atoms with Crippen LogP contribution >= 0.6 is 15.9 Å². The Morgan fingerprint density at radius 3 is 2.76 bits per heavy atom. The van der Waals surface area contributed by atoms with Crippen molar-refractivity contribution in [3.63, 3.8) is 0 Å². The molecule has 0 unspecified atom stereocenters. The Kier molecular flexibility index (Phi) is 4.34. The topological polar surface area (TPSA) is 138 Å². The first kappa shape index (κ1) is 15.5. The molecular weight excluding hydrogens is 366 g/mol. The van der Waals surface area contributed by atoms with Crippen LogP contribution in [0, 0.1) is 6.92 Å². The number of hydrogen-bond acceptors (Lipinski definition) is 6. The van der Waals surface area contributed by atoms with E-state index in [4.69, 9.17) is 5.11 Å². The molecule has 1 heterocycles. The van der Waals surface area contributed by atoms with E-state index in [9.17, 15) is 13.2 Å². The molecule has 0 saturated carbocycles. The number of aromatic nitrogens is 4. The van der Waals surface area contributed by atoms with Gasteiger partial charge in [-0.15, -0.1) is 10.2 Å². The standard InChI is InChI=1S/C10H10BrN5O4S/c1-5-7(10(17)18)2-6(3-8(5)11)21(19,20)12-4-9-13-15-16-14-9/h2-3,12H,4H2,1H3,(H,17,18)(H,13,14,15,16). The number of aromatic amines is 1. The van der Waals surface area contributed by atoms with Gasteiger partial charge in [-0.2, -0.15) is 5.21 Å². The number of halogens is 1. The van der Waals surface area contributed by atoms with Crippen LogP contribution in [0.4, 0.5) is 0 Å². The summed E-state index contributed by atoms with van der Waals surface area (Å²) in [5.74, 6) is -1.04. The summed E-state index contributed by atoms with van der Waals surface area (Å²) in [6.45, 7) is 1.42. The maximum absolute atomic E-state index is 12.2. The van der Waals surface area contributed by atoms with Gasteiger partial charge in [0.05, 0.1) is 17.0 Å². The minimum absolute atomic E-state index is 0.0932. The Morgan fingerprint density at radius 2 is 2.19 bits per heavy atom. The molecule has 0 amide bonds. The number of carboxylic acid groups (broad SMARTS) is 1. The first-order chi connectivity index (χ1) is 9.81. The van der Waals surface area contributed by atoms with Gasteiger partial charge in [0.25, 0.3) is 0 Å². The maximum atomic E-state index is 12.2. The second-order valence-electron chi connectivity index (χ2n) is 4.04. The van der Waals surface area contributed by atoms with Gasteiger partial charge in [-0.05, 0) is 24.6 Å². The number of hydrogen-bond donors (Lipinski definition) is 3. The number of rotatable bonds is 5. The zero-order valence-electron chi connectivity index (χ0n) is 10.7. The van der Waals surface area contributed by atoms with Gasteiger partial charge < -0.3 is 5.11 Å². The van der Waals surface area contributed by atoms with Crippen LogP contribution in [0.15, 0.2) is 21.5 Å². The number of benzene rings is 1. The lowest BCUT2D eigenvalue weighted by Crippen LogP contribution is -2.24. The molecule has 21 heavy (non-hydrogen) atoms. The van der Waals surface area contributed by atoms with Crippen molar-refractivity contribution in [1.82, 2.24) is 25.3 Å². The summed E-state index contributed by atoms with van der Waals surface area (Å²) >= 11 is 3.15. The number of sulfonamides is 1. The number of carboxylic acids is 1. The van der Waals surface area contributed by atoms with Gasteiger partial charge in [0.15, 0.2) is 5.82 Å². The number of nitrogens with zero attached hydrogens (tertiary/aromatic N) is 3. The highest BCUT2D eigenvalue weighted by Crippen LogP contribution is 2.25. The van der Waals surface area contributed by atoms with Crippen LogP contribution in [0.5, 0.6) is 0 Å². The summed E-state index contributed by atoms with van der Waals surface area (Å²) < 4.78 is 27.0. The molecule has 11 heteroatoms. The fraction of sp³-hybridized carbons (Fsp3) is 0.200. The lowest BCUT2D eigenvalue weighted by molar-refractivity contribution is 0.0695. The first-order valence-electron chi connectivity index (χ1n) is 5.56. The quantitative estimate of drug-likeness (QED) is 0.689. The molecular formula is C10H10BrN5O4S. The largest absolute Gasteiger partial charge is 0.478 e. The van der Waals surface area contributed by atoms with Gasteiger partial charge in [-0.3, -0.25) is 0 Å². The van der Waals surface area contributed by atoms with Crippen LogP contribution in [-0.2, 0) is 16.6 Å². The molecule has 0 saturated heterocycles. The molecule has 0 bridgehead atoms. The van der Waals surface area contributed by atoms with Crippen LogP contribution in [0.3, 0.4) is 0 Å². The van der Waals surface area contributed by atoms with Gasteiger partial charge in [0.2, 0.25) is 10.0 Å². The SMILES string of the molecule is Cc1c(Br)cc(S(=O)(=O)NCc2nn[nH]n2)cc1C(=O)O. The molecule has 0 atom stereocenters. The number of aromatic carboxylic acids is 1. The highest BCUT2D eigenvalue weighted by Gasteiger charge is 2.20. The number of H-pyrrole nitrogens is 1. The monoisotopic (exact) mass is 375 g/mol. The minimum Gasteiger partial charge on any atom is -0.478 e. The minimum atomic E-state index is -3.90. The highest BCUT2D eigenvalue weighted by molar-refractivity contribution is 9.10. The van der Waals surface area contributed by atoms with Crippen LogP contribution in [0.25, 0.3) is 0 Å². The van der Waals surface area contributed by atoms with Crippen molar-refractivity contribution < 1.29 is 18.3 Å². The second kappa shape index (κ2) is 5.87. The lowest BCUT2D eigenvalue weighted by Gasteiger charge is -2.09. The molecule has 0 aliphatic rings. The van der Waals surface area contributed by atoms with Gasteiger partial charge in [-0.1, -0.05) is 21.1 Å². The molecule has 0 aliphatic carbocycles. The first-order valence-corrected chi connectivity index (χ1v) is 7.84. The van der Waals surface area contributed by atoms with E-state index >= 15 is 0 Å². The summed E-state index contributed by atoms with van der Waals surface area (Å²) in [6.07, 6.45) is 0. The normalized spacial score (nSPS) is 11.5. The van der Waals surface area contributed by atoms with E-state index in [0.717, 1.165) is 6.07 Å². The van der Waals surface area contributed by atoms with E-state index < -0.39 is 16.0 Å². The van der Waals surface area contributed by atoms with E-state index in [1.165, 1.54) is 6.07 Å². The summed E-state index contributed by atoms with van der Waals surface area (Å²) in [6, 6.07) is 2.43. The van der Waals surface area contributed by atoms with Gasteiger partial charge in [0, 0.05) is 4.47 Å². The summed E-state index contributed by atoms with van der Waals surface area (Å²) in [4.78, 5) is 11.0. The van der Waals surface area contributed by atoms with Crippen molar-refractivity contribution >= 4 is 31.9 Å². The van der Waals surface area contributed by atoms with Crippen molar-refractivity contribution in [2.75, 3.05) is 0 Å². The smallest absolute Gasteiger partial charge is 0.336 e. The fourth-order valence-electron chi connectivity index (χ4n) is 1.53. The molecule has 2 rings (SSSR count). The van der Waals surface area contributed by atoms with Crippen molar-refractivity contribution in [1.29, 1.82) is 0 Å². The zero-order valence-corrected chi connectivity index (χ0v) is 13.1. The molecule has 1 aromatic carbocycles. The number of tetrazole rings is 1. The third-order valence-electron chi connectivity index (χ3n) is 2.67. The zero-order chi connectivity index (χ0) is 15.6. The Labute approximate surface area is 127 Å². The second-order valence-corrected chi connectivity index (χ2v) is 6.66. The predicted molar refractivity (Wildman–Crippen MR) is 74.0 cm³/mol. The Bertz CT molecular complexity index is 775. The van der Waals surface area contributed by atoms with Gasteiger partial charge >= 0.3 is 5.97 Å². The average molecular weight is 376 g/mol. The fourth-order valence-corrected chi connectivity index (χ4v) is 3.18. The van der Waals surface area contributed by atoms with E-state index in [-0.39, 0.29) is 22.8 Å². The summed E-state index contributed by atoms with van der Waals surface area (Å²) in [7, 11) is -3.90. The summed E-state index contributed by atoms with van der Waals surface area (Å²) in [5, 5.41) is 21.8. The van der Waals surface area contributed by atoms with Crippen molar-refractivity contribution in [3.8, 4) is 0 Å². The molecule has 112 valence electrons. The molecule has 0 fully saturated rings. The van der Waals surface area contributed by atoms with Crippen molar-refractivity contribution in [2.24, 2.45) is 0 Å². The van der Waals surface area contributed by atoms with Gasteiger partial charge in [-0.25, -0.2) is 17.9 Å². The van der Waals surface area contributed by atoms with Crippen LogP contribution in [-0.4, -0.2) is 40.1 Å². The Hall–Kier alpha value is -1.85. The Morgan fingerprint density at radius 1 is 1.48 bits per heavy atom. The van der Waals surface area contributed by atoms with E-state index in [1.807, 2.05) is 0 Å². The van der Waals surface area contributed by atoms with Crippen LogP contribution < -0.4 is 4.72 Å². The van der Waals surface area contributed by atoms with Crippen molar-refractivity contribution in [2.45, 2.75) is 18.4 Å². The Balaban J connectivity index is 2.33. The number of nitrogens with one attached hydrogen (secondary N) is 2. The van der Waals surface area contributed by atoms with Crippen molar-refractivity contribution in [3.05, 3.63) is 33.6 Å². The maximum Gasteiger partial charge on any atom is 0.336 e. The van der Waals surface area contributed by atoms with E-state index in [0.29, 0.717) is 10.0 Å². The molecule has 9 nitrogen and oxygen atoms in total. The highest BCUT2D eigenvalue weighted by atomic mass is 79.9. The molecule has 0 radical (unpaired) electrons. The van der Waals surface area contributed by atoms with Gasteiger partial charge in [0.1, 0.15) is 0 Å². The third-order valence-corrected chi connectivity index (χ3v) is 4.87. The third kappa shape index (κ3) is 3.43. The number of carbonyl (C=O) groups is 1. The molecule has 2 aromatic rings. The predicted octanol–water partition coefficient (Wildman–Crippen LogP) is 0.447. The molecule has 1 aromatic heterocycles.